The van der Waals surface area contributed by atoms with Gasteiger partial charge in [-0.2, -0.15) is 0 Å². The van der Waals surface area contributed by atoms with Gasteiger partial charge >= 0.3 is 0 Å². The Balaban J connectivity index is 2.23. The van der Waals surface area contributed by atoms with Crippen LogP contribution < -0.4 is 5.32 Å². The molecule has 0 heterocycles. The molecule has 7 heteroatoms. The second kappa shape index (κ2) is 5.50. The first-order chi connectivity index (χ1) is 7.11. The second-order valence-corrected chi connectivity index (χ2v) is 3.53. The van der Waals surface area contributed by atoms with Crippen molar-refractivity contribution in [2.24, 2.45) is 0 Å². The molecule has 0 atom stereocenters. The zero-order chi connectivity index (χ0) is 11.3. The minimum Gasteiger partial charge on any atom is -0.387 e. The van der Waals surface area contributed by atoms with Crippen molar-refractivity contribution in [1.82, 2.24) is 5.32 Å². The van der Waals surface area contributed by atoms with E-state index in [0.717, 1.165) is 0 Å². The molecule has 0 aromatic rings. The summed E-state index contributed by atoms with van der Waals surface area (Å²) in [6.45, 7) is -0.522. The molecule has 15 heavy (non-hydrogen) atoms. The van der Waals surface area contributed by atoms with Crippen molar-refractivity contribution < 1.29 is 19.8 Å². The third kappa shape index (κ3) is 4.11. The highest BCUT2D eigenvalue weighted by Gasteiger charge is 2.24. The van der Waals surface area contributed by atoms with Crippen molar-refractivity contribution in [2.75, 3.05) is 6.61 Å². The number of nitrogens with one attached hydrogen (secondary N) is 1. The fourth-order valence-electron chi connectivity index (χ4n) is 1.71. The summed E-state index contributed by atoms with van der Waals surface area (Å²) >= 11 is 0. The van der Waals surface area contributed by atoms with Crippen LogP contribution in [0.1, 0.15) is 25.7 Å². The van der Waals surface area contributed by atoms with E-state index in [-0.39, 0.29) is 12.1 Å². The lowest BCUT2D eigenvalue weighted by Gasteiger charge is -2.27. The number of carbonyl (C=O) groups is 1. The normalized spacial score (nSPS) is 25.7. The maximum atomic E-state index is 10.8. The monoisotopic (exact) mass is 218 g/mol. The number of aliphatic hydroxyl groups excluding tert-OH is 1. The molecule has 0 aromatic heterocycles. The highest BCUT2D eigenvalue weighted by Crippen LogP contribution is 2.21. The van der Waals surface area contributed by atoms with E-state index in [0.29, 0.717) is 25.7 Å². The van der Waals surface area contributed by atoms with Gasteiger partial charge < -0.3 is 15.3 Å². The Labute approximate surface area is 86.5 Å². The van der Waals surface area contributed by atoms with E-state index in [1.165, 1.54) is 0 Å². The average Bonchev–Trinajstić information content (AvgIpc) is 2.20. The SMILES string of the molecule is O=C(CO)NC1CCC(O[N+](=O)[O-])CC1. The van der Waals surface area contributed by atoms with E-state index in [9.17, 15) is 14.9 Å². The summed E-state index contributed by atoms with van der Waals surface area (Å²) in [5, 5.41) is 20.4. The number of hydrogen-bond acceptors (Lipinski definition) is 5. The van der Waals surface area contributed by atoms with Crippen molar-refractivity contribution in [1.29, 1.82) is 0 Å². The number of amides is 1. The molecule has 1 aliphatic rings. The van der Waals surface area contributed by atoms with E-state index in [1.54, 1.807) is 0 Å². The molecule has 0 aromatic carbocycles. The van der Waals surface area contributed by atoms with Gasteiger partial charge in [0.15, 0.2) is 0 Å². The highest BCUT2D eigenvalue weighted by atomic mass is 17.0. The largest absolute Gasteiger partial charge is 0.387 e. The summed E-state index contributed by atoms with van der Waals surface area (Å²) in [4.78, 5) is 25.3. The van der Waals surface area contributed by atoms with Crippen molar-refractivity contribution in [3.8, 4) is 0 Å². The van der Waals surface area contributed by atoms with E-state index in [1.807, 2.05) is 0 Å². The Bertz CT molecular complexity index is 237. The summed E-state index contributed by atoms with van der Waals surface area (Å²) < 4.78 is 0. The molecule has 0 unspecified atom stereocenters. The third-order valence-electron chi connectivity index (χ3n) is 2.42. The summed E-state index contributed by atoms with van der Waals surface area (Å²) in [6, 6.07) is -0.00347. The van der Waals surface area contributed by atoms with Crippen LogP contribution in [-0.4, -0.2) is 34.9 Å². The van der Waals surface area contributed by atoms with Crippen LogP contribution in [0, 0.1) is 10.1 Å². The van der Waals surface area contributed by atoms with Crippen LogP contribution in [-0.2, 0) is 9.63 Å². The topological polar surface area (TPSA) is 102 Å². The lowest BCUT2D eigenvalue weighted by atomic mass is 9.93. The molecular formula is C8H14N2O5. The standard InChI is InChI=1S/C8H14N2O5/c11-5-8(12)9-6-1-3-7(4-2-6)15-10(13)14/h6-7,11H,1-5H2,(H,9,12). The number of hydrogen-bond donors (Lipinski definition) is 2. The molecule has 0 saturated heterocycles. The van der Waals surface area contributed by atoms with Crippen LogP contribution in [0.2, 0.25) is 0 Å². The molecule has 7 nitrogen and oxygen atoms in total. The molecule has 1 rings (SSSR count). The average molecular weight is 218 g/mol. The van der Waals surface area contributed by atoms with Crippen LogP contribution in [0.5, 0.6) is 0 Å². The Morgan fingerprint density at radius 3 is 2.53 bits per heavy atom. The smallest absolute Gasteiger partial charge is 0.294 e. The number of aliphatic hydroxyl groups is 1. The molecule has 0 bridgehead atoms. The number of rotatable bonds is 4. The zero-order valence-corrected chi connectivity index (χ0v) is 8.22. The van der Waals surface area contributed by atoms with Crippen LogP contribution >= 0.6 is 0 Å². The lowest BCUT2D eigenvalue weighted by Crippen LogP contribution is -2.40. The second-order valence-electron chi connectivity index (χ2n) is 3.53. The molecule has 2 N–H and O–H groups in total. The van der Waals surface area contributed by atoms with Gasteiger partial charge in [0, 0.05) is 6.04 Å². The maximum absolute atomic E-state index is 10.8. The molecule has 1 saturated carbocycles. The Morgan fingerprint density at radius 2 is 2.07 bits per heavy atom. The van der Waals surface area contributed by atoms with Crippen molar-refractivity contribution in [3.05, 3.63) is 10.1 Å². The highest BCUT2D eigenvalue weighted by molar-refractivity contribution is 5.77. The predicted octanol–water partition coefficient (Wildman–Crippen LogP) is -0.386. The molecule has 0 spiro atoms. The fraction of sp³-hybridized carbons (Fsp3) is 0.875. The Hall–Kier alpha value is -1.37. The zero-order valence-electron chi connectivity index (χ0n) is 8.22. The van der Waals surface area contributed by atoms with Crippen LogP contribution in [0.3, 0.4) is 0 Å². The Kier molecular flexibility index (Phi) is 4.29. The molecule has 0 aliphatic heterocycles. The van der Waals surface area contributed by atoms with Gasteiger partial charge in [0.1, 0.15) is 12.7 Å². The van der Waals surface area contributed by atoms with Gasteiger partial charge in [0.05, 0.1) is 0 Å². The quantitative estimate of drug-likeness (QED) is 0.494. The van der Waals surface area contributed by atoms with Crippen LogP contribution in [0.25, 0.3) is 0 Å². The number of carbonyl (C=O) groups excluding carboxylic acids is 1. The third-order valence-corrected chi connectivity index (χ3v) is 2.42. The van der Waals surface area contributed by atoms with E-state index in [4.69, 9.17) is 5.11 Å². The molecule has 1 fully saturated rings. The first kappa shape index (κ1) is 11.7. The van der Waals surface area contributed by atoms with Gasteiger partial charge in [-0.1, -0.05) is 0 Å². The minimum absolute atomic E-state index is 0.00347. The molecule has 86 valence electrons. The summed E-state index contributed by atoms with van der Waals surface area (Å²) in [5.74, 6) is -0.409. The number of nitrogens with zero attached hydrogens (tertiary/aromatic N) is 1. The van der Waals surface area contributed by atoms with Gasteiger partial charge in [-0.25, -0.2) is 0 Å². The van der Waals surface area contributed by atoms with Crippen LogP contribution in [0.4, 0.5) is 0 Å². The van der Waals surface area contributed by atoms with Crippen molar-refractivity contribution in [3.63, 3.8) is 0 Å². The van der Waals surface area contributed by atoms with Gasteiger partial charge in [-0.15, -0.1) is 10.1 Å². The molecule has 1 amide bonds. The molecule has 0 radical (unpaired) electrons. The molecule has 1 aliphatic carbocycles. The van der Waals surface area contributed by atoms with E-state index in [2.05, 4.69) is 10.2 Å². The lowest BCUT2D eigenvalue weighted by molar-refractivity contribution is -0.769. The summed E-state index contributed by atoms with van der Waals surface area (Å²) in [6.07, 6.45) is 2.03. The first-order valence-electron chi connectivity index (χ1n) is 4.83. The van der Waals surface area contributed by atoms with Gasteiger partial charge in [-0.05, 0) is 25.7 Å². The minimum atomic E-state index is -0.780. The van der Waals surface area contributed by atoms with Gasteiger partial charge in [0.25, 0.3) is 5.09 Å². The maximum Gasteiger partial charge on any atom is 0.294 e. The van der Waals surface area contributed by atoms with Crippen molar-refractivity contribution >= 4 is 5.91 Å². The summed E-state index contributed by atoms with van der Waals surface area (Å²) in [7, 11) is 0. The van der Waals surface area contributed by atoms with E-state index < -0.39 is 17.6 Å². The predicted molar refractivity (Wildman–Crippen MR) is 49.4 cm³/mol. The van der Waals surface area contributed by atoms with Gasteiger partial charge in [0.2, 0.25) is 5.91 Å². The summed E-state index contributed by atoms with van der Waals surface area (Å²) in [5.41, 5.74) is 0. The Morgan fingerprint density at radius 1 is 1.47 bits per heavy atom. The van der Waals surface area contributed by atoms with Gasteiger partial charge in [-0.3, -0.25) is 4.79 Å². The fourth-order valence-corrected chi connectivity index (χ4v) is 1.71. The molecular weight excluding hydrogens is 204 g/mol. The van der Waals surface area contributed by atoms with Crippen LogP contribution in [0.15, 0.2) is 0 Å². The first-order valence-corrected chi connectivity index (χ1v) is 4.83. The van der Waals surface area contributed by atoms with E-state index >= 15 is 0 Å². The van der Waals surface area contributed by atoms with Crippen molar-refractivity contribution in [2.45, 2.75) is 37.8 Å².